The Balaban J connectivity index is 1.24. The standard InChI is InChI=1S/C20H30N2O2/c1-2-18(14-21-9-1)15-22-10-7-20(8-11-22)19(6-13-24-20)5-12-23-16-17-3-4-17/h1-2,9,14,17,19H,3-8,10-13,15-16H2. The third kappa shape index (κ3) is 3.98. The van der Waals surface area contributed by atoms with Crippen LogP contribution in [-0.2, 0) is 16.0 Å². The van der Waals surface area contributed by atoms with Gasteiger partial charge in [-0.15, -0.1) is 0 Å². The average molecular weight is 330 g/mol. The van der Waals surface area contributed by atoms with E-state index in [2.05, 4.69) is 16.0 Å². The van der Waals surface area contributed by atoms with Crippen molar-refractivity contribution in [1.29, 1.82) is 0 Å². The van der Waals surface area contributed by atoms with Crippen LogP contribution in [0.15, 0.2) is 24.5 Å². The van der Waals surface area contributed by atoms with Crippen molar-refractivity contribution < 1.29 is 9.47 Å². The first-order chi connectivity index (χ1) is 11.8. The zero-order chi connectivity index (χ0) is 16.2. The Bertz CT molecular complexity index is 510. The van der Waals surface area contributed by atoms with Crippen molar-refractivity contribution in [3.05, 3.63) is 30.1 Å². The SMILES string of the molecule is c1cncc(CN2CCC3(CC2)OCCC3CCOCC2CC2)c1. The Labute approximate surface area is 145 Å². The molecule has 1 aliphatic carbocycles. The molecule has 4 rings (SSSR count). The van der Waals surface area contributed by atoms with E-state index in [4.69, 9.17) is 9.47 Å². The minimum Gasteiger partial charge on any atom is -0.381 e. The van der Waals surface area contributed by atoms with Gasteiger partial charge in [0.2, 0.25) is 0 Å². The van der Waals surface area contributed by atoms with Crippen molar-refractivity contribution >= 4 is 0 Å². The highest BCUT2D eigenvalue weighted by Gasteiger charge is 2.45. The number of aromatic nitrogens is 1. The Morgan fingerprint density at radius 3 is 2.88 bits per heavy atom. The van der Waals surface area contributed by atoms with Crippen LogP contribution in [0.1, 0.15) is 44.1 Å². The second kappa shape index (κ2) is 7.51. The molecule has 24 heavy (non-hydrogen) atoms. The molecule has 1 spiro atoms. The van der Waals surface area contributed by atoms with Gasteiger partial charge in [-0.1, -0.05) is 6.07 Å². The third-order valence-corrected chi connectivity index (χ3v) is 6.09. The van der Waals surface area contributed by atoms with Crippen molar-refractivity contribution in [2.75, 3.05) is 32.9 Å². The molecule has 4 nitrogen and oxygen atoms in total. The van der Waals surface area contributed by atoms with Crippen LogP contribution in [0.4, 0.5) is 0 Å². The molecule has 0 N–H and O–H groups in total. The lowest BCUT2D eigenvalue weighted by atomic mass is 9.78. The molecule has 0 radical (unpaired) electrons. The average Bonchev–Trinajstić information content (AvgIpc) is 3.37. The van der Waals surface area contributed by atoms with Gasteiger partial charge >= 0.3 is 0 Å². The predicted molar refractivity (Wildman–Crippen MR) is 93.7 cm³/mol. The number of likely N-dealkylation sites (tertiary alicyclic amines) is 1. The number of hydrogen-bond acceptors (Lipinski definition) is 4. The fraction of sp³-hybridized carbons (Fsp3) is 0.750. The molecule has 1 aromatic heterocycles. The number of hydrogen-bond donors (Lipinski definition) is 0. The zero-order valence-corrected chi connectivity index (χ0v) is 14.7. The normalized spacial score (nSPS) is 26.9. The summed E-state index contributed by atoms with van der Waals surface area (Å²) in [4.78, 5) is 6.77. The highest BCUT2D eigenvalue weighted by molar-refractivity contribution is 5.09. The summed E-state index contributed by atoms with van der Waals surface area (Å²) in [6, 6.07) is 4.20. The molecule has 1 unspecified atom stereocenters. The van der Waals surface area contributed by atoms with E-state index in [-0.39, 0.29) is 5.60 Å². The largest absolute Gasteiger partial charge is 0.381 e. The van der Waals surface area contributed by atoms with Gasteiger partial charge in [0, 0.05) is 51.8 Å². The molecule has 2 saturated heterocycles. The smallest absolute Gasteiger partial charge is 0.0736 e. The quantitative estimate of drug-likeness (QED) is 0.719. The van der Waals surface area contributed by atoms with Crippen LogP contribution in [0.5, 0.6) is 0 Å². The molecule has 0 bridgehead atoms. The van der Waals surface area contributed by atoms with Gasteiger partial charge < -0.3 is 9.47 Å². The Kier molecular flexibility index (Phi) is 5.16. The fourth-order valence-electron chi connectivity index (χ4n) is 4.34. The van der Waals surface area contributed by atoms with Gasteiger partial charge in [0.1, 0.15) is 0 Å². The summed E-state index contributed by atoms with van der Waals surface area (Å²) in [6.45, 7) is 6.13. The molecule has 1 atom stereocenters. The predicted octanol–water partition coefficient (Wildman–Crippen LogP) is 3.27. The molecule has 1 aromatic rings. The number of ether oxygens (including phenoxy) is 2. The van der Waals surface area contributed by atoms with Crippen LogP contribution in [0.25, 0.3) is 0 Å². The minimum absolute atomic E-state index is 0.133. The highest BCUT2D eigenvalue weighted by Crippen LogP contribution is 2.42. The maximum atomic E-state index is 6.29. The molecule has 2 aliphatic heterocycles. The van der Waals surface area contributed by atoms with Crippen molar-refractivity contribution in [2.24, 2.45) is 11.8 Å². The first-order valence-corrected chi connectivity index (χ1v) is 9.67. The zero-order valence-electron chi connectivity index (χ0n) is 14.7. The molecule has 4 heteroatoms. The lowest BCUT2D eigenvalue weighted by Gasteiger charge is -2.42. The van der Waals surface area contributed by atoms with E-state index in [1.807, 2.05) is 18.5 Å². The van der Waals surface area contributed by atoms with Gasteiger partial charge in [0.25, 0.3) is 0 Å². The van der Waals surface area contributed by atoms with Gasteiger partial charge in [0.05, 0.1) is 5.60 Å². The fourth-order valence-corrected chi connectivity index (χ4v) is 4.34. The maximum absolute atomic E-state index is 6.29. The number of rotatable bonds is 7. The third-order valence-electron chi connectivity index (χ3n) is 6.09. The summed E-state index contributed by atoms with van der Waals surface area (Å²) in [5.41, 5.74) is 1.44. The summed E-state index contributed by atoms with van der Waals surface area (Å²) < 4.78 is 12.2. The van der Waals surface area contributed by atoms with Crippen LogP contribution in [0, 0.1) is 11.8 Å². The molecule has 3 aliphatic rings. The van der Waals surface area contributed by atoms with Crippen LogP contribution in [0.2, 0.25) is 0 Å². The van der Waals surface area contributed by atoms with Crippen molar-refractivity contribution in [1.82, 2.24) is 9.88 Å². The van der Waals surface area contributed by atoms with E-state index in [0.717, 1.165) is 45.4 Å². The highest BCUT2D eigenvalue weighted by atomic mass is 16.5. The first kappa shape index (κ1) is 16.5. The van der Waals surface area contributed by atoms with E-state index in [0.29, 0.717) is 5.92 Å². The molecule has 3 fully saturated rings. The van der Waals surface area contributed by atoms with Gasteiger partial charge in [-0.25, -0.2) is 0 Å². The lowest BCUT2D eigenvalue weighted by molar-refractivity contribution is -0.0731. The van der Waals surface area contributed by atoms with Gasteiger partial charge in [-0.05, 0) is 62.0 Å². The van der Waals surface area contributed by atoms with E-state index in [9.17, 15) is 0 Å². The van der Waals surface area contributed by atoms with E-state index < -0.39 is 0 Å². The monoisotopic (exact) mass is 330 g/mol. The lowest BCUT2D eigenvalue weighted by Crippen LogP contribution is -2.47. The Hall–Kier alpha value is -0.970. The van der Waals surface area contributed by atoms with Crippen molar-refractivity contribution in [3.63, 3.8) is 0 Å². The summed E-state index contributed by atoms with van der Waals surface area (Å²) in [7, 11) is 0. The van der Waals surface area contributed by atoms with Crippen LogP contribution >= 0.6 is 0 Å². The van der Waals surface area contributed by atoms with Gasteiger partial charge in [-0.2, -0.15) is 0 Å². The first-order valence-electron chi connectivity index (χ1n) is 9.67. The second-order valence-corrected chi connectivity index (χ2v) is 7.84. The summed E-state index contributed by atoms with van der Waals surface area (Å²) >= 11 is 0. The van der Waals surface area contributed by atoms with Crippen LogP contribution < -0.4 is 0 Å². The number of pyridine rings is 1. The van der Waals surface area contributed by atoms with Gasteiger partial charge in [0.15, 0.2) is 0 Å². The second-order valence-electron chi connectivity index (χ2n) is 7.84. The summed E-state index contributed by atoms with van der Waals surface area (Å²) in [6.07, 6.45) is 11.3. The van der Waals surface area contributed by atoms with Crippen LogP contribution in [0.3, 0.4) is 0 Å². The summed E-state index contributed by atoms with van der Waals surface area (Å²) in [5.74, 6) is 1.56. The van der Waals surface area contributed by atoms with Crippen molar-refractivity contribution in [3.8, 4) is 0 Å². The Morgan fingerprint density at radius 1 is 1.25 bits per heavy atom. The number of piperidine rings is 1. The Morgan fingerprint density at radius 2 is 2.12 bits per heavy atom. The molecule has 3 heterocycles. The summed E-state index contributed by atoms with van der Waals surface area (Å²) in [5, 5.41) is 0. The maximum Gasteiger partial charge on any atom is 0.0736 e. The minimum atomic E-state index is 0.133. The molecular formula is C20H30N2O2. The van der Waals surface area contributed by atoms with E-state index in [1.165, 1.54) is 44.1 Å². The van der Waals surface area contributed by atoms with Gasteiger partial charge in [-0.3, -0.25) is 9.88 Å². The molecular weight excluding hydrogens is 300 g/mol. The van der Waals surface area contributed by atoms with Crippen molar-refractivity contribution in [2.45, 2.75) is 50.7 Å². The molecule has 132 valence electrons. The van der Waals surface area contributed by atoms with E-state index >= 15 is 0 Å². The molecule has 0 aromatic carbocycles. The molecule has 0 amide bonds. The van der Waals surface area contributed by atoms with Crippen LogP contribution in [-0.4, -0.2) is 48.4 Å². The topological polar surface area (TPSA) is 34.6 Å². The molecule has 1 saturated carbocycles. The van der Waals surface area contributed by atoms with E-state index in [1.54, 1.807) is 0 Å². The number of nitrogens with zero attached hydrogens (tertiary/aromatic N) is 2.